The first kappa shape index (κ1) is 23.4. The molecule has 1 saturated carbocycles. The van der Waals surface area contributed by atoms with E-state index in [1.54, 1.807) is 11.4 Å². The summed E-state index contributed by atoms with van der Waals surface area (Å²) in [7, 11) is -1.84. The molecule has 178 valence electrons. The van der Waals surface area contributed by atoms with E-state index >= 15 is 0 Å². The number of carboxylic acid groups (broad SMARTS) is 1. The number of nitrogens with one attached hydrogen (secondary N) is 1. The number of hydrogen-bond acceptors (Lipinski definition) is 7. The molecule has 3 saturated heterocycles. The van der Waals surface area contributed by atoms with Gasteiger partial charge in [-0.1, -0.05) is 0 Å². The number of hydrogen-bond donors (Lipinski definition) is 3. The lowest BCUT2D eigenvalue weighted by Gasteiger charge is -2.45. The minimum atomic E-state index is -3.51. The SMILES string of the molecule is COC1CCN(S(=O)(=O)C2CC(O)CCC2C2CCN3NCC(CC(=O)O)C3C2)CC1. The van der Waals surface area contributed by atoms with Crippen molar-refractivity contribution in [3.8, 4) is 0 Å². The molecule has 1 aliphatic carbocycles. The van der Waals surface area contributed by atoms with Crippen LogP contribution in [0, 0.1) is 17.8 Å². The van der Waals surface area contributed by atoms with E-state index in [1.165, 1.54) is 0 Å². The number of rotatable bonds is 6. The summed E-state index contributed by atoms with van der Waals surface area (Å²) in [5.41, 5.74) is 3.34. The molecule has 0 bridgehead atoms. The number of nitrogens with zero attached hydrogens (tertiary/aromatic N) is 2. The summed E-state index contributed by atoms with van der Waals surface area (Å²) in [4.78, 5) is 11.3. The lowest BCUT2D eigenvalue weighted by molar-refractivity contribution is -0.138. The molecular formula is C21H37N3O6S. The molecule has 3 aliphatic heterocycles. The second-order valence-corrected chi connectivity index (χ2v) is 12.0. The minimum absolute atomic E-state index is 0.0155. The summed E-state index contributed by atoms with van der Waals surface area (Å²) in [6, 6.07) is 0.141. The third-order valence-corrected chi connectivity index (χ3v) is 10.5. The average molecular weight is 460 g/mol. The Hall–Kier alpha value is -0.780. The third-order valence-electron chi connectivity index (χ3n) is 8.12. The molecule has 3 N–H and O–H groups in total. The molecule has 0 radical (unpaired) electrons. The van der Waals surface area contributed by atoms with Crippen molar-refractivity contribution in [3.63, 3.8) is 0 Å². The molecule has 0 aromatic rings. The molecule has 4 fully saturated rings. The van der Waals surface area contributed by atoms with E-state index in [9.17, 15) is 23.4 Å². The van der Waals surface area contributed by atoms with Crippen LogP contribution in [0.25, 0.3) is 0 Å². The van der Waals surface area contributed by atoms with Gasteiger partial charge >= 0.3 is 5.97 Å². The van der Waals surface area contributed by atoms with Crippen molar-refractivity contribution in [2.24, 2.45) is 17.8 Å². The number of piperidine rings is 2. The average Bonchev–Trinajstić information content (AvgIpc) is 3.15. The number of ether oxygens (including phenoxy) is 1. The molecule has 4 rings (SSSR count). The van der Waals surface area contributed by atoms with E-state index in [4.69, 9.17) is 4.74 Å². The van der Waals surface area contributed by atoms with Crippen LogP contribution < -0.4 is 5.43 Å². The van der Waals surface area contributed by atoms with E-state index in [1.807, 2.05) is 0 Å². The number of aliphatic hydroxyl groups excluding tert-OH is 1. The van der Waals surface area contributed by atoms with E-state index in [2.05, 4.69) is 10.4 Å². The van der Waals surface area contributed by atoms with Crippen molar-refractivity contribution in [3.05, 3.63) is 0 Å². The van der Waals surface area contributed by atoms with Crippen LogP contribution in [0.2, 0.25) is 0 Å². The minimum Gasteiger partial charge on any atom is -0.481 e. The summed E-state index contributed by atoms with van der Waals surface area (Å²) in [5.74, 6) is -0.475. The fourth-order valence-corrected chi connectivity index (χ4v) is 8.76. The number of carbonyl (C=O) groups is 1. The van der Waals surface area contributed by atoms with Gasteiger partial charge in [0.05, 0.1) is 23.9 Å². The first-order valence-corrected chi connectivity index (χ1v) is 13.2. The van der Waals surface area contributed by atoms with E-state index in [0.717, 1.165) is 19.4 Å². The van der Waals surface area contributed by atoms with Crippen LogP contribution in [0.1, 0.15) is 51.4 Å². The molecule has 10 heteroatoms. The van der Waals surface area contributed by atoms with Crippen LogP contribution in [-0.4, -0.2) is 90.7 Å². The maximum atomic E-state index is 13.6. The molecule has 3 heterocycles. The molecule has 31 heavy (non-hydrogen) atoms. The van der Waals surface area contributed by atoms with Gasteiger partial charge in [-0.25, -0.2) is 17.7 Å². The predicted molar refractivity (Wildman–Crippen MR) is 115 cm³/mol. The smallest absolute Gasteiger partial charge is 0.303 e. The first-order valence-electron chi connectivity index (χ1n) is 11.7. The van der Waals surface area contributed by atoms with Gasteiger partial charge in [-0.05, 0) is 56.8 Å². The highest BCUT2D eigenvalue weighted by molar-refractivity contribution is 7.89. The second-order valence-electron chi connectivity index (χ2n) is 9.81. The second kappa shape index (κ2) is 9.61. The molecule has 0 aromatic carbocycles. The van der Waals surface area contributed by atoms with Crippen molar-refractivity contribution >= 4 is 16.0 Å². The zero-order valence-corrected chi connectivity index (χ0v) is 19.2. The molecule has 0 spiro atoms. The molecule has 4 aliphatic rings. The number of aliphatic hydroxyl groups is 1. The Kier molecular flexibility index (Phi) is 7.24. The molecular weight excluding hydrogens is 422 g/mol. The Morgan fingerprint density at radius 3 is 2.52 bits per heavy atom. The topological polar surface area (TPSA) is 119 Å². The molecule has 9 nitrogen and oxygen atoms in total. The summed E-state index contributed by atoms with van der Waals surface area (Å²) < 4.78 is 34.3. The van der Waals surface area contributed by atoms with E-state index in [0.29, 0.717) is 51.7 Å². The Bertz CT molecular complexity index is 741. The Balaban J connectivity index is 1.49. The fourth-order valence-electron chi connectivity index (χ4n) is 6.39. The Labute approximate surface area is 185 Å². The van der Waals surface area contributed by atoms with Crippen molar-refractivity contribution in [2.75, 3.05) is 33.3 Å². The number of methoxy groups -OCH3 is 1. The summed E-state index contributed by atoms with van der Waals surface area (Å²) in [6.45, 7) is 2.44. The highest BCUT2D eigenvalue weighted by Crippen LogP contribution is 2.43. The predicted octanol–water partition coefficient (Wildman–Crippen LogP) is 0.646. The summed E-state index contributed by atoms with van der Waals surface area (Å²) in [6.07, 6.45) is 4.49. The maximum Gasteiger partial charge on any atom is 0.303 e. The van der Waals surface area contributed by atoms with E-state index in [-0.39, 0.29) is 36.3 Å². The maximum absolute atomic E-state index is 13.6. The zero-order valence-electron chi connectivity index (χ0n) is 18.4. The fraction of sp³-hybridized carbons (Fsp3) is 0.952. The van der Waals surface area contributed by atoms with Crippen molar-refractivity contribution in [1.82, 2.24) is 14.7 Å². The van der Waals surface area contributed by atoms with Gasteiger partial charge in [0.2, 0.25) is 10.0 Å². The molecule has 0 aromatic heterocycles. The van der Waals surface area contributed by atoms with Crippen LogP contribution in [0.3, 0.4) is 0 Å². The van der Waals surface area contributed by atoms with Crippen molar-refractivity contribution < 1.29 is 28.2 Å². The lowest BCUT2D eigenvalue weighted by Crippen LogP contribution is -2.53. The van der Waals surface area contributed by atoms with Gasteiger partial charge in [0, 0.05) is 45.2 Å². The summed E-state index contributed by atoms with van der Waals surface area (Å²) >= 11 is 0. The number of carboxylic acids is 1. The quantitative estimate of drug-likeness (QED) is 0.530. The third kappa shape index (κ3) is 4.94. The largest absolute Gasteiger partial charge is 0.481 e. The van der Waals surface area contributed by atoms with Gasteiger partial charge in [0.15, 0.2) is 0 Å². The van der Waals surface area contributed by atoms with Crippen molar-refractivity contribution in [2.45, 2.75) is 74.9 Å². The van der Waals surface area contributed by atoms with Crippen LogP contribution in [-0.2, 0) is 19.6 Å². The molecule has 6 atom stereocenters. The van der Waals surface area contributed by atoms with Gasteiger partial charge in [-0.2, -0.15) is 0 Å². The van der Waals surface area contributed by atoms with Gasteiger partial charge in [0.25, 0.3) is 0 Å². The van der Waals surface area contributed by atoms with Crippen LogP contribution in [0.15, 0.2) is 0 Å². The van der Waals surface area contributed by atoms with Gasteiger partial charge < -0.3 is 14.9 Å². The molecule has 6 unspecified atom stereocenters. The number of hydrazine groups is 1. The van der Waals surface area contributed by atoms with Gasteiger partial charge in [0.1, 0.15) is 0 Å². The first-order chi connectivity index (χ1) is 14.8. The van der Waals surface area contributed by atoms with Gasteiger partial charge in [-0.15, -0.1) is 0 Å². The number of aliphatic carboxylic acids is 1. The normalized spacial score (nSPS) is 38.8. The highest BCUT2D eigenvalue weighted by Gasteiger charge is 2.48. The molecule has 0 amide bonds. The van der Waals surface area contributed by atoms with E-state index < -0.39 is 27.3 Å². The number of fused-ring (bicyclic) bond motifs is 1. The standard InChI is InChI=1S/C21H37N3O6S/c1-30-17-5-7-23(8-6-17)31(28,29)20-12-16(25)2-3-18(20)14-4-9-24-19(10-14)15(13-22-24)11-21(26)27/h14-20,22,25H,2-13H2,1H3,(H,26,27). The van der Waals surface area contributed by atoms with Gasteiger partial charge in [-0.3, -0.25) is 10.2 Å². The Morgan fingerprint density at radius 1 is 1.10 bits per heavy atom. The van der Waals surface area contributed by atoms with Crippen LogP contribution >= 0.6 is 0 Å². The highest BCUT2D eigenvalue weighted by atomic mass is 32.2. The van der Waals surface area contributed by atoms with Crippen molar-refractivity contribution in [1.29, 1.82) is 0 Å². The monoisotopic (exact) mass is 459 g/mol. The lowest BCUT2D eigenvalue weighted by atomic mass is 9.72. The van der Waals surface area contributed by atoms with Crippen LogP contribution in [0.5, 0.6) is 0 Å². The zero-order chi connectivity index (χ0) is 22.2. The number of sulfonamides is 1. The van der Waals surface area contributed by atoms with Crippen LogP contribution in [0.4, 0.5) is 0 Å². The Morgan fingerprint density at radius 2 is 1.84 bits per heavy atom. The summed E-state index contributed by atoms with van der Waals surface area (Å²) in [5, 5.41) is 21.2.